The molecule has 20 heavy (non-hydrogen) atoms. The molecule has 0 unspecified atom stereocenters. The molecule has 0 saturated heterocycles. The van der Waals surface area contributed by atoms with Crippen LogP contribution in [-0.2, 0) is 0 Å². The number of hydrogen-bond donors (Lipinski definition) is 2. The molecular formula is C15H14ClNO3. The highest BCUT2D eigenvalue weighted by Gasteiger charge is 2.12. The van der Waals surface area contributed by atoms with Gasteiger partial charge >= 0.3 is 0 Å². The minimum Gasteiger partial charge on any atom is -0.506 e. The van der Waals surface area contributed by atoms with Crippen LogP contribution in [0, 0.1) is 6.92 Å². The first-order chi connectivity index (χ1) is 9.58. The highest BCUT2D eigenvalue weighted by atomic mass is 35.5. The van der Waals surface area contributed by atoms with Crippen molar-refractivity contribution in [3.8, 4) is 22.6 Å². The van der Waals surface area contributed by atoms with Crippen molar-refractivity contribution >= 4 is 17.8 Å². The maximum atomic E-state index is 9.98. The molecule has 0 bridgehead atoms. The highest BCUT2D eigenvalue weighted by Crippen LogP contribution is 2.37. The smallest absolute Gasteiger partial charge is 0.143 e. The van der Waals surface area contributed by atoms with Crippen LogP contribution >= 0.6 is 11.6 Å². The molecule has 0 aromatic heterocycles. The molecule has 0 heterocycles. The Hall–Kier alpha value is -2.20. The van der Waals surface area contributed by atoms with Crippen LogP contribution < -0.4 is 4.74 Å². The lowest BCUT2D eigenvalue weighted by Crippen LogP contribution is -1.90. The molecule has 0 spiro atoms. The first-order valence-electron chi connectivity index (χ1n) is 5.92. The molecule has 104 valence electrons. The minimum atomic E-state index is -0.115. The van der Waals surface area contributed by atoms with E-state index in [0.717, 1.165) is 23.1 Å². The van der Waals surface area contributed by atoms with Gasteiger partial charge in [0, 0.05) is 11.1 Å². The number of aryl methyl sites for hydroxylation is 1. The Morgan fingerprint density at radius 2 is 2.00 bits per heavy atom. The van der Waals surface area contributed by atoms with Crippen LogP contribution in [-0.4, -0.2) is 23.6 Å². The molecule has 0 saturated carbocycles. The molecule has 5 heteroatoms. The lowest BCUT2D eigenvalue weighted by molar-refractivity contribution is 0.321. The summed E-state index contributed by atoms with van der Waals surface area (Å²) in [7, 11) is 1.61. The largest absolute Gasteiger partial charge is 0.506 e. The molecule has 2 aromatic carbocycles. The molecule has 0 aliphatic rings. The van der Waals surface area contributed by atoms with Gasteiger partial charge in [0.25, 0.3) is 0 Å². The van der Waals surface area contributed by atoms with Gasteiger partial charge in [-0.1, -0.05) is 28.9 Å². The van der Waals surface area contributed by atoms with Crippen molar-refractivity contribution in [1.29, 1.82) is 0 Å². The van der Waals surface area contributed by atoms with Crippen LogP contribution in [0.15, 0.2) is 35.5 Å². The predicted octanol–water partition coefficient (Wildman–Crippen LogP) is 3.84. The van der Waals surface area contributed by atoms with Gasteiger partial charge in [-0.05, 0) is 36.2 Å². The lowest BCUT2D eigenvalue weighted by atomic mass is 10.0. The summed E-state index contributed by atoms with van der Waals surface area (Å²) in [6, 6.07) is 9.04. The van der Waals surface area contributed by atoms with E-state index in [4.69, 9.17) is 21.5 Å². The first-order valence-corrected chi connectivity index (χ1v) is 6.30. The van der Waals surface area contributed by atoms with Crippen molar-refractivity contribution in [1.82, 2.24) is 0 Å². The maximum Gasteiger partial charge on any atom is 0.143 e. The van der Waals surface area contributed by atoms with E-state index in [2.05, 4.69) is 5.16 Å². The Kier molecular flexibility index (Phi) is 4.15. The third-order valence-electron chi connectivity index (χ3n) is 3.05. The lowest BCUT2D eigenvalue weighted by Gasteiger charge is -2.11. The van der Waals surface area contributed by atoms with Gasteiger partial charge in [-0.15, -0.1) is 0 Å². The topological polar surface area (TPSA) is 62.0 Å². The molecule has 2 rings (SSSR count). The Bertz CT molecular complexity index is 668. The highest BCUT2D eigenvalue weighted by molar-refractivity contribution is 6.35. The predicted molar refractivity (Wildman–Crippen MR) is 79.2 cm³/mol. The standard InChI is InChI=1S/C15H14ClNO3/c1-9-7-10(4-6-13(9)20-2)12-5-3-11(8-17-19)15(18)14(12)16/h3-8,18-19H,1-2H3/b17-8+. The number of aromatic hydroxyl groups is 1. The van der Waals surface area contributed by atoms with Gasteiger partial charge in [0.15, 0.2) is 0 Å². The van der Waals surface area contributed by atoms with Gasteiger partial charge in [0.05, 0.1) is 18.3 Å². The maximum absolute atomic E-state index is 9.98. The molecule has 2 aromatic rings. The van der Waals surface area contributed by atoms with E-state index >= 15 is 0 Å². The van der Waals surface area contributed by atoms with E-state index < -0.39 is 0 Å². The van der Waals surface area contributed by atoms with Crippen molar-refractivity contribution in [2.45, 2.75) is 6.92 Å². The molecule has 0 atom stereocenters. The second-order valence-electron chi connectivity index (χ2n) is 4.29. The number of oxime groups is 1. The van der Waals surface area contributed by atoms with Crippen molar-refractivity contribution in [2.24, 2.45) is 5.16 Å². The van der Waals surface area contributed by atoms with Crippen LogP contribution in [0.5, 0.6) is 11.5 Å². The number of ether oxygens (including phenoxy) is 1. The fourth-order valence-electron chi connectivity index (χ4n) is 2.01. The van der Waals surface area contributed by atoms with E-state index in [0.29, 0.717) is 11.1 Å². The Labute approximate surface area is 121 Å². The van der Waals surface area contributed by atoms with Gasteiger partial charge < -0.3 is 15.1 Å². The summed E-state index contributed by atoms with van der Waals surface area (Å²) in [5.41, 5.74) is 2.90. The number of phenols is 1. The fraction of sp³-hybridized carbons (Fsp3) is 0.133. The number of benzene rings is 2. The summed E-state index contributed by atoms with van der Waals surface area (Å²) in [4.78, 5) is 0. The number of rotatable bonds is 3. The zero-order valence-electron chi connectivity index (χ0n) is 11.1. The second kappa shape index (κ2) is 5.84. The van der Waals surface area contributed by atoms with Crippen LogP contribution in [0.1, 0.15) is 11.1 Å². The molecule has 0 fully saturated rings. The molecule has 0 aliphatic carbocycles. The van der Waals surface area contributed by atoms with Crippen LogP contribution in [0.4, 0.5) is 0 Å². The average Bonchev–Trinajstić information content (AvgIpc) is 2.44. The van der Waals surface area contributed by atoms with Gasteiger partial charge in [-0.2, -0.15) is 0 Å². The number of methoxy groups -OCH3 is 1. The monoisotopic (exact) mass is 291 g/mol. The first kappa shape index (κ1) is 14.2. The van der Waals surface area contributed by atoms with E-state index in [1.54, 1.807) is 19.2 Å². The molecular weight excluding hydrogens is 278 g/mol. The van der Waals surface area contributed by atoms with Crippen molar-refractivity contribution in [3.63, 3.8) is 0 Å². The zero-order valence-corrected chi connectivity index (χ0v) is 11.8. The van der Waals surface area contributed by atoms with E-state index in [1.807, 2.05) is 25.1 Å². The zero-order chi connectivity index (χ0) is 14.7. The Morgan fingerprint density at radius 3 is 2.60 bits per heavy atom. The van der Waals surface area contributed by atoms with E-state index in [9.17, 15) is 5.11 Å². The third kappa shape index (κ3) is 2.56. The Balaban J connectivity index is 2.53. The summed E-state index contributed by atoms with van der Waals surface area (Å²) < 4.78 is 5.21. The molecule has 2 N–H and O–H groups in total. The second-order valence-corrected chi connectivity index (χ2v) is 4.67. The van der Waals surface area contributed by atoms with Crippen molar-refractivity contribution < 1.29 is 15.1 Å². The van der Waals surface area contributed by atoms with E-state index in [1.165, 1.54) is 0 Å². The summed E-state index contributed by atoms with van der Waals surface area (Å²) >= 11 is 6.17. The normalized spacial score (nSPS) is 10.9. The number of phenolic OH excluding ortho intramolecular Hbond substituents is 1. The van der Waals surface area contributed by atoms with Crippen LogP contribution in [0.25, 0.3) is 11.1 Å². The summed E-state index contributed by atoms with van der Waals surface area (Å²) in [5.74, 6) is 0.675. The Morgan fingerprint density at radius 1 is 1.25 bits per heavy atom. The van der Waals surface area contributed by atoms with Crippen LogP contribution in [0.2, 0.25) is 5.02 Å². The van der Waals surface area contributed by atoms with E-state index in [-0.39, 0.29) is 10.8 Å². The quantitative estimate of drug-likeness (QED) is 0.513. The average molecular weight is 292 g/mol. The summed E-state index contributed by atoms with van der Waals surface area (Å²) in [5, 5.41) is 21.6. The third-order valence-corrected chi connectivity index (χ3v) is 3.43. The van der Waals surface area contributed by atoms with Crippen LogP contribution in [0.3, 0.4) is 0 Å². The molecule has 0 amide bonds. The number of hydrogen-bond acceptors (Lipinski definition) is 4. The SMILES string of the molecule is COc1ccc(-c2ccc(/C=N/O)c(O)c2Cl)cc1C. The van der Waals surface area contributed by atoms with Gasteiger partial charge in [0.1, 0.15) is 11.5 Å². The van der Waals surface area contributed by atoms with Gasteiger partial charge in [0.2, 0.25) is 0 Å². The molecule has 4 nitrogen and oxygen atoms in total. The van der Waals surface area contributed by atoms with Gasteiger partial charge in [-0.3, -0.25) is 0 Å². The molecule has 0 radical (unpaired) electrons. The van der Waals surface area contributed by atoms with Crippen molar-refractivity contribution in [3.05, 3.63) is 46.5 Å². The summed E-state index contributed by atoms with van der Waals surface area (Å²) in [6.45, 7) is 1.93. The van der Waals surface area contributed by atoms with Gasteiger partial charge in [-0.25, -0.2) is 0 Å². The molecule has 0 aliphatic heterocycles. The number of nitrogens with zero attached hydrogens (tertiary/aromatic N) is 1. The van der Waals surface area contributed by atoms with Crippen molar-refractivity contribution in [2.75, 3.05) is 7.11 Å². The minimum absolute atomic E-state index is 0.115. The summed E-state index contributed by atoms with van der Waals surface area (Å²) in [6.07, 6.45) is 1.13. The number of halogens is 1. The fourth-order valence-corrected chi connectivity index (χ4v) is 2.30.